The minimum atomic E-state index is -0.667. The van der Waals surface area contributed by atoms with Crippen LogP contribution in [0.3, 0.4) is 0 Å². The lowest BCUT2D eigenvalue weighted by Crippen LogP contribution is -2.26. The lowest BCUT2D eigenvalue weighted by atomic mass is 9.88. The quantitative estimate of drug-likeness (QED) is 0.618. The van der Waals surface area contributed by atoms with Crippen molar-refractivity contribution in [2.75, 3.05) is 14.2 Å². The van der Waals surface area contributed by atoms with E-state index in [1.165, 1.54) is 7.11 Å². The zero-order valence-corrected chi connectivity index (χ0v) is 12.8. The molecule has 1 saturated carbocycles. The van der Waals surface area contributed by atoms with Gasteiger partial charge in [-0.3, -0.25) is 9.59 Å². The van der Waals surface area contributed by atoms with Crippen molar-refractivity contribution in [2.24, 2.45) is 11.8 Å². The predicted molar refractivity (Wildman–Crippen MR) is 79.3 cm³/mol. The number of carbonyl (C=O) groups is 2. The van der Waals surface area contributed by atoms with Crippen LogP contribution in [-0.2, 0) is 14.3 Å². The molecule has 0 heterocycles. The van der Waals surface area contributed by atoms with E-state index in [9.17, 15) is 9.59 Å². The summed E-state index contributed by atoms with van der Waals surface area (Å²) in [6, 6.07) is 7.59. The molecule has 2 rings (SSSR count). The highest BCUT2D eigenvalue weighted by Crippen LogP contribution is 2.43. The molecule has 1 unspecified atom stereocenters. The van der Waals surface area contributed by atoms with E-state index in [1.54, 1.807) is 7.11 Å². The van der Waals surface area contributed by atoms with Crippen LogP contribution < -0.4 is 4.74 Å². The van der Waals surface area contributed by atoms with E-state index in [2.05, 4.69) is 6.92 Å². The summed E-state index contributed by atoms with van der Waals surface area (Å²) in [4.78, 5) is 24.5. The van der Waals surface area contributed by atoms with Crippen LogP contribution in [0.15, 0.2) is 24.3 Å². The number of benzene rings is 1. The topological polar surface area (TPSA) is 52.6 Å². The van der Waals surface area contributed by atoms with Crippen molar-refractivity contribution >= 4 is 11.8 Å². The number of hydrogen-bond acceptors (Lipinski definition) is 4. The van der Waals surface area contributed by atoms with Gasteiger partial charge in [-0.25, -0.2) is 0 Å². The molecule has 0 radical (unpaired) electrons. The number of ether oxygens (including phenoxy) is 2. The fraction of sp³-hybridized carbons (Fsp3) is 0.529. The van der Waals surface area contributed by atoms with Crippen molar-refractivity contribution in [1.82, 2.24) is 0 Å². The van der Waals surface area contributed by atoms with Crippen LogP contribution in [0, 0.1) is 11.8 Å². The summed E-state index contributed by atoms with van der Waals surface area (Å²) in [5, 5.41) is 0. The van der Waals surface area contributed by atoms with E-state index in [-0.39, 0.29) is 17.6 Å². The maximum absolute atomic E-state index is 12.5. The highest BCUT2D eigenvalue weighted by atomic mass is 16.5. The van der Waals surface area contributed by atoms with Gasteiger partial charge in [0.2, 0.25) is 0 Å². The van der Waals surface area contributed by atoms with Crippen molar-refractivity contribution in [2.45, 2.75) is 32.1 Å². The van der Waals surface area contributed by atoms with Gasteiger partial charge in [0.15, 0.2) is 5.78 Å². The Kier molecular flexibility index (Phi) is 4.99. The molecule has 4 nitrogen and oxygen atoms in total. The van der Waals surface area contributed by atoms with Crippen molar-refractivity contribution in [3.8, 4) is 5.75 Å². The molecule has 21 heavy (non-hydrogen) atoms. The first kappa shape index (κ1) is 15.5. The van der Waals surface area contributed by atoms with Crippen LogP contribution in [0.25, 0.3) is 0 Å². The Morgan fingerprint density at radius 1 is 1.24 bits per heavy atom. The largest absolute Gasteiger partial charge is 0.497 e. The average molecular weight is 290 g/mol. The summed E-state index contributed by atoms with van der Waals surface area (Å²) in [5.74, 6) is -0.412. The third-order valence-corrected chi connectivity index (χ3v) is 4.29. The Labute approximate surface area is 125 Å². The number of ketones is 1. The molecule has 0 bridgehead atoms. The molecule has 1 aromatic carbocycles. The Hall–Kier alpha value is -1.84. The Bertz CT molecular complexity index is 506. The van der Waals surface area contributed by atoms with Crippen LogP contribution in [-0.4, -0.2) is 26.0 Å². The second-order valence-electron chi connectivity index (χ2n) is 5.50. The van der Waals surface area contributed by atoms with Gasteiger partial charge in [-0.2, -0.15) is 0 Å². The summed E-state index contributed by atoms with van der Waals surface area (Å²) in [7, 11) is 2.95. The van der Waals surface area contributed by atoms with Gasteiger partial charge in [0, 0.05) is 11.8 Å². The van der Waals surface area contributed by atoms with Crippen molar-refractivity contribution in [3.63, 3.8) is 0 Å². The Morgan fingerprint density at radius 3 is 2.43 bits per heavy atom. The normalized spacial score (nSPS) is 24.9. The van der Waals surface area contributed by atoms with E-state index in [0.29, 0.717) is 0 Å². The minimum absolute atomic E-state index is 0.0320. The van der Waals surface area contributed by atoms with E-state index < -0.39 is 11.9 Å². The van der Waals surface area contributed by atoms with Crippen molar-refractivity contribution in [1.29, 1.82) is 0 Å². The van der Waals surface area contributed by atoms with Crippen LogP contribution in [0.2, 0.25) is 0 Å². The lowest BCUT2D eigenvalue weighted by Gasteiger charge is -2.16. The third-order valence-electron chi connectivity index (χ3n) is 4.29. The van der Waals surface area contributed by atoms with Gasteiger partial charge in [0.05, 0.1) is 14.2 Å². The molecule has 3 atom stereocenters. The lowest BCUT2D eigenvalue weighted by molar-refractivity contribution is -0.149. The minimum Gasteiger partial charge on any atom is -0.497 e. The van der Waals surface area contributed by atoms with Crippen LogP contribution in [0.1, 0.15) is 37.7 Å². The number of Topliss-reactive ketones (excluding diaryl/α,β-unsaturated/α-hetero) is 1. The second kappa shape index (κ2) is 6.74. The van der Waals surface area contributed by atoms with Gasteiger partial charge >= 0.3 is 5.97 Å². The molecule has 0 amide bonds. The molecule has 1 fully saturated rings. The molecule has 1 aliphatic carbocycles. The van der Waals surface area contributed by atoms with Gasteiger partial charge in [0.25, 0.3) is 0 Å². The number of hydrogen-bond donors (Lipinski definition) is 0. The Balaban J connectivity index is 2.29. The zero-order chi connectivity index (χ0) is 15.4. The maximum atomic E-state index is 12.5. The highest BCUT2D eigenvalue weighted by Gasteiger charge is 2.46. The molecule has 0 spiro atoms. The summed E-state index contributed by atoms with van der Waals surface area (Å²) < 4.78 is 9.99. The SMILES string of the molecule is CCCC1C[C@H](c2ccc(OC)cc2)[C@@H](C(=O)OC)C1=O. The first-order chi connectivity index (χ1) is 10.1. The smallest absolute Gasteiger partial charge is 0.316 e. The Morgan fingerprint density at radius 2 is 1.90 bits per heavy atom. The summed E-state index contributed by atoms with van der Waals surface area (Å²) in [6.45, 7) is 2.06. The second-order valence-corrected chi connectivity index (χ2v) is 5.50. The fourth-order valence-corrected chi connectivity index (χ4v) is 3.21. The third kappa shape index (κ3) is 3.09. The number of carbonyl (C=O) groups excluding carboxylic acids is 2. The first-order valence-electron chi connectivity index (χ1n) is 7.37. The zero-order valence-electron chi connectivity index (χ0n) is 12.8. The van der Waals surface area contributed by atoms with Gasteiger partial charge in [-0.15, -0.1) is 0 Å². The maximum Gasteiger partial charge on any atom is 0.316 e. The molecular weight excluding hydrogens is 268 g/mol. The number of esters is 1. The van der Waals surface area contributed by atoms with E-state index >= 15 is 0 Å². The molecule has 1 aromatic rings. The van der Waals surface area contributed by atoms with Crippen molar-refractivity contribution < 1.29 is 19.1 Å². The van der Waals surface area contributed by atoms with Gasteiger partial charge in [0.1, 0.15) is 11.7 Å². The van der Waals surface area contributed by atoms with Crippen LogP contribution in [0.5, 0.6) is 5.75 Å². The first-order valence-corrected chi connectivity index (χ1v) is 7.37. The molecular formula is C17H22O4. The van der Waals surface area contributed by atoms with E-state index in [1.807, 2.05) is 24.3 Å². The molecule has 0 saturated heterocycles. The standard InChI is InChI=1S/C17H22O4/c1-4-5-12-10-14(15(16(12)18)17(19)21-3)11-6-8-13(20-2)9-7-11/h6-9,12,14-15H,4-5,10H2,1-3H3/t12?,14-,15-/m1/s1. The van der Waals surface area contributed by atoms with E-state index in [0.717, 1.165) is 30.6 Å². The molecule has 4 heteroatoms. The van der Waals surface area contributed by atoms with Crippen LogP contribution >= 0.6 is 0 Å². The molecule has 1 aliphatic rings. The predicted octanol–water partition coefficient (Wildman–Crippen LogP) is 2.96. The number of rotatable bonds is 5. The monoisotopic (exact) mass is 290 g/mol. The van der Waals surface area contributed by atoms with Gasteiger partial charge < -0.3 is 9.47 Å². The molecule has 114 valence electrons. The molecule has 0 aromatic heterocycles. The molecule has 0 N–H and O–H groups in total. The summed E-state index contributed by atoms with van der Waals surface area (Å²) >= 11 is 0. The fourth-order valence-electron chi connectivity index (χ4n) is 3.21. The average Bonchev–Trinajstić information content (AvgIpc) is 2.84. The van der Waals surface area contributed by atoms with Gasteiger partial charge in [-0.05, 0) is 30.5 Å². The highest BCUT2D eigenvalue weighted by molar-refractivity contribution is 6.03. The molecule has 0 aliphatic heterocycles. The van der Waals surface area contributed by atoms with Crippen LogP contribution in [0.4, 0.5) is 0 Å². The van der Waals surface area contributed by atoms with Gasteiger partial charge in [-0.1, -0.05) is 25.5 Å². The number of methoxy groups -OCH3 is 2. The summed E-state index contributed by atoms with van der Waals surface area (Å²) in [5.41, 5.74) is 0.998. The summed E-state index contributed by atoms with van der Waals surface area (Å²) in [6.07, 6.45) is 2.50. The van der Waals surface area contributed by atoms with E-state index in [4.69, 9.17) is 9.47 Å². The van der Waals surface area contributed by atoms with Crippen molar-refractivity contribution in [3.05, 3.63) is 29.8 Å².